The van der Waals surface area contributed by atoms with Gasteiger partial charge in [0.2, 0.25) is 11.2 Å². The number of amides is 1. The quantitative estimate of drug-likeness (QED) is 0.773. The molecular weight excluding hydrogens is 320 g/mol. The van der Waals surface area contributed by atoms with Crippen LogP contribution in [0.5, 0.6) is 5.75 Å². The van der Waals surface area contributed by atoms with Crippen LogP contribution in [0.4, 0.5) is 14.5 Å². The van der Waals surface area contributed by atoms with E-state index in [2.05, 4.69) is 0 Å². The van der Waals surface area contributed by atoms with Gasteiger partial charge in [0.15, 0.2) is 11.6 Å². The molecule has 0 radical (unpaired) electrons. The zero-order valence-electron chi connectivity index (χ0n) is 12.7. The van der Waals surface area contributed by atoms with Crippen molar-refractivity contribution in [2.45, 2.75) is 31.2 Å². The number of carbonyl (C=O) groups is 1. The summed E-state index contributed by atoms with van der Waals surface area (Å²) in [6.07, 6.45) is 4.41. The van der Waals surface area contributed by atoms with Gasteiger partial charge in [-0.3, -0.25) is 9.59 Å². The maximum absolute atomic E-state index is 14.4. The van der Waals surface area contributed by atoms with E-state index in [1.807, 2.05) is 0 Å². The number of carbonyl (C=O) groups excluding carboxylic acids is 1. The van der Waals surface area contributed by atoms with Gasteiger partial charge in [0, 0.05) is 18.2 Å². The van der Waals surface area contributed by atoms with E-state index in [4.69, 9.17) is 16.2 Å². The minimum atomic E-state index is -1.35. The molecule has 1 fully saturated rings. The van der Waals surface area contributed by atoms with Crippen molar-refractivity contribution >= 4 is 22.5 Å². The molecule has 1 aliphatic carbocycles. The van der Waals surface area contributed by atoms with Gasteiger partial charge < -0.3 is 20.8 Å². The normalized spacial score (nSPS) is 18.1. The van der Waals surface area contributed by atoms with E-state index in [0.29, 0.717) is 6.42 Å². The van der Waals surface area contributed by atoms with Gasteiger partial charge in [0.05, 0.1) is 17.7 Å². The van der Waals surface area contributed by atoms with Gasteiger partial charge in [-0.1, -0.05) is 0 Å². The lowest BCUT2D eigenvalue weighted by Crippen LogP contribution is -2.42. The van der Waals surface area contributed by atoms with E-state index < -0.39 is 34.2 Å². The standard InChI is InChI=1S/C16H15F2N3O3/c17-9-10(18)14-12-8(11(9)19)13(22)7(15(20)23)6-21(12)16(2-1-3-16)4-5-24-14/h6H,1-5,19H2,(H2,20,23). The van der Waals surface area contributed by atoms with Crippen molar-refractivity contribution in [2.24, 2.45) is 5.73 Å². The third kappa shape index (κ3) is 1.68. The first-order valence-corrected chi connectivity index (χ1v) is 7.66. The average Bonchev–Trinajstić information content (AvgIpc) is 2.67. The molecule has 8 heteroatoms. The molecule has 1 aliphatic heterocycles. The Labute approximate surface area is 135 Å². The van der Waals surface area contributed by atoms with E-state index >= 15 is 0 Å². The molecule has 2 aromatic rings. The number of pyridine rings is 1. The van der Waals surface area contributed by atoms with Gasteiger partial charge in [0.25, 0.3) is 5.91 Å². The van der Waals surface area contributed by atoms with E-state index in [0.717, 1.165) is 19.3 Å². The van der Waals surface area contributed by atoms with Gasteiger partial charge in [-0.25, -0.2) is 4.39 Å². The smallest absolute Gasteiger partial charge is 0.254 e. The third-order valence-electron chi connectivity index (χ3n) is 5.20. The van der Waals surface area contributed by atoms with Crippen LogP contribution in [0, 0.1) is 11.6 Å². The molecule has 4 rings (SSSR count). The summed E-state index contributed by atoms with van der Waals surface area (Å²) >= 11 is 0. The van der Waals surface area contributed by atoms with E-state index in [-0.39, 0.29) is 28.8 Å². The number of benzene rings is 1. The van der Waals surface area contributed by atoms with Gasteiger partial charge in [-0.2, -0.15) is 4.39 Å². The number of aromatic nitrogens is 1. The first-order chi connectivity index (χ1) is 11.4. The number of nitrogen functional groups attached to an aromatic ring is 1. The number of nitrogens with two attached hydrogens (primary N) is 2. The van der Waals surface area contributed by atoms with E-state index in [9.17, 15) is 18.4 Å². The highest BCUT2D eigenvalue weighted by molar-refractivity contribution is 6.01. The SMILES string of the molecule is NC(=O)c1cn2c3c(c(F)c(F)c(N)c3c1=O)OCCC21CCC1. The lowest BCUT2D eigenvalue weighted by atomic mass is 9.74. The molecule has 0 atom stereocenters. The van der Waals surface area contributed by atoms with Crippen LogP contribution in [-0.2, 0) is 5.54 Å². The van der Waals surface area contributed by atoms with Crippen molar-refractivity contribution in [2.75, 3.05) is 12.3 Å². The Morgan fingerprint density at radius 3 is 2.54 bits per heavy atom. The molecule has 24 heavy (non-hydrogen) atoms. The summed E-state index contributed by atoms with van der Waals surface area (Å²) in [5.41, 5.74) is 8.92. The molecular formula is C16H15F2N3O3. The number of fused-ring (bicyclic) bond motifs is 1. The fourth-order valence-corrected chi connectivity index (χ4v) is 3.74. The summed E-state index contributed by atoms with van der Waals surface area (Å²) in [5, 5.41) is -0.256. The van der Waals surface area contributed by atoms with Crippen molar-refractivity contribution < 1.29 is 18.3 Å². The second-order valence-electron chi connectivity index (χ2n) is 6.38. The van der Waals surface area contributed by atoms with Gasteiger partial charge in [0.1, 0.15) is 11.1 Å². The maximum atomic E-state index is 14.4. The fraction of sp³-hybridized carbons (Fsp3) is 0.375. The summed E-state index contributed by atoms with van der Waals surface area (Å²) < 4.78 is 35.6. The van der Waals surface area contributed by atoms with Crippen LogP contribution in [0.1, 0.15) is 36.0 Å². The number of rotatable bonds is 1. The molecule has 1 aromatic heterocycles. The van der Waals surface area contributed by atoms with Crippen molar-refractivity contribution in [3.05, 3.63) is 33.6 Å². The predicted octanol–water partition coefficient (Wildman–Crippen LogP) is 1.62. The van der Waals surface area contributed by atoms with Crippen LogP contribution in [0.15, 0.2) is 11.0 Å². The number of hydrogen-bond acceptors (Lipinski definition) is 4. The zero-order valence-corrected chi connectivity index (χ0v) is 12.7. The molecule has 2 heterocycles. The molecule has 6 nitrogen and oxygen atoms in total. The minimum Gasteiger partial charge on any atom is -0.488 e. The number of nitrogens with zero attached hydrogens (tertiary/aromatic N) is 1. The van der Waals surface area contributed by atoms with Crippen LogP contribution in [0.2, 0.25) is 0 Å². The van der Waals surface area contributed by atoms with Crippen LogP contribution in [0.25, 0.3) is 10.9 Å². The molecule has 1 amide bonds. The molecule has 1 aromatic carbocycles. The topological polar surface area (TPSA) is 100 Å². The lowest BCUT2D eigenvalue weighted by molar-refractivity contribution is 0.0992. The molecule has 0 bridgehead atoms. The Bertz CT molecular complexity index is 964. The second-order valence-corrected chi connectivity index (χ2v) is 6.38. The predicted molar refractivity (Wildman–Crippen MR) is 83.0 cm³/mol. The summed E-state index contributed by atoms with van der Waals surface area (Å²) in [4.78, 5) is 24.3. The maximum Gasteiger partial charge on any atom is 0.254 e. The largest absolute Gasteiger partial charge is 0.488 e. The highest BCUT2D eigenvalue weighted by atomic mass is 19.2. The molecule has 0 unspecified atom stereocenters. The number of anilines is 1. The number of ether oxygens (including phenoxy) is 1. The average molecular weight is 335 g/mol. The first-order valence-electron chi connectivity index (χ1n) is 7.66. The van der Waals surface area contributed by atoms with Gasteiger partial charge in [-0.15, -0.1) is 0 Å². The molecule has 0 saturated heterocycles. The Kier molecular flexibility index (Phi) is 2.91. The van der Waals surface area contributed by atoms with Crippen LogP contribution < -0.4 is 21.6 Å². The van der Waals surface area contributed by atoms with Gasteiger partial charge >= 0.3 is 0 Å². The summed E-state index contributed by atoms with van der Waals surface area (Å²) in [6.45, 7) is 0.178. The Hall–Kier alpha value is -2.64. The van der Waals surface area contributed by atoms with Crippen molar-refractivity contribution in [3.63, 3.8) is 0 Å². The van der Waals surface area contributed by atoms with E-state index in [1.165, 1.54) is 6.20 Å². The number of primary amides is 1. The summed E-state index contributed by atoms with van der Waals surface area (Å²) in [7, 11) is 0. The number of halogens is 2. The third-order valence-corrected chi connectivity index (χ3v) is 5.20. The Balaban J connectivity index is 2.27. The highest BCUT2D eigenvalue weighted by Gasteiger charge is 2.42. The van der Waals surface area contributed by atoms with Crippen molar-refractivity contribution in [1.82, 2.24) is 4.57 Å². The molecule has 126 valence electrons. The zero-order chi connectivity index (χ0) is 17.2. The minimum absolute atomic E-state index is 0.0959. The highest BCUT2D eigenvalue weighted by Crippen LogP contribution is 2.48. The van der Waals surface area contributed by atoms with Crippen LogP contribution in [-0.4, -0.2) is 17.1 Å². The Morgan fingerprint density at radius 2 is 1.96 bits per heavy atom. The fourth-order valence-electron chi connectivity index (χ4n) is 3.74. The first kappa shape index (κ1) is 14.9. The molecule has 2 aliphatic rings. The summed E-state index contributed by atoms with van der Waals surface area (Å²) in [5.74, 6) is -3.85. The molecule has 1 saturated carbocycles. The number of hydrogen-bond donors (Lipinski definition) is 2. The Morgan fingerprint density at radius 1 is 1.25 bits per heavy atom. The van der Waals surface area contributed by atoms with Crippen molar-refractivity contribution in [1.29, 1.82) is 0 Å². The summed E-state index contributed by atoms with van der Waals surface area (Å²) in [6, 6.07) is 0. The van der Waals surface area contributed by atoms with Crippen LogP contribution >= 0.6 is 0 Å². The second kappa shape index (κ2) is 4.68. The van der Waals surface area contributed by atoms with E-state index in [1.54, 1.807) is 4.57 Å². The lowest BCUT2D eigenvalue weighted by Gasteiger charge is -2.44. The van der Waals surface area contributed by atoms with Crippen molar-refractivity contribution in [3.8, 4) is 5.75 Å². The monoisotopic (exact) mass is 335 g/mol. The van der Waals surface area contributed by atoms with Gasteiger partial charge in [-0.05, 0) is 19.3 Å². The molecule has 1 spiro atoms. The van der Waals surface area contributed by atoms with Crippen LogP contribution in [0.3, 0.4) is 0 Å². The molecule has 4 N–H and O–H groups in total.